The second-order valence-electron chi connectivity index (χ2n) is 6.17. The Labute approximate surface area is 125 Å². The van der Waals surface area contributed by atoms with Gasteiger partial charge in [-0.05, 0) is 30.4 Å². The first kappa shape index (κ1) is 15.8. The molecule has 1 aliphatic rings. The molecule has 21 heavy (non-hydrogen) atoms. The third-order valence-corrected chi connectivity index (χ3v) is 4.54. The largest absolute Gasteiger partial charge is 0.496 e. The lowest BCUT2D eigenvalue weighted by atomic mass is 9.67. The van der Waals surface area contributed by atoms with Crippen LogP contribution in [0.1, 0.15) is 63.0 Å². The zero-order valence-electron chi connectivity index (χ0n) is 12.9. The van der Waals surface area contributed by atoms with Gasteiger partial charge in [0.2, 0.25) is 0 Å². The van der Waals surface area contributed by atoms with Crippen LogP contribution in [0.4, 0.5) is 4.39 Å². The Hall–Kier alpha value is -1.58. The molecule has 0 amide bonds. The van der Waals surface area contributed by atoms with Crippen LogP contribution in [-0.4, -0.2) is 18.2 Å². The first-order chi connectivity index (χ1) is 9.92. The molecule has 0 saturated heterocycles. The molecule has 4 heteroatoms. The van der Waals surface area contributed by atoms with Crippen LogP contribution in [0.2, 0.25) is 0 Å². The molecule has 2 rings (SSSR count). The summed E-state index contributed by atoms with van der Waals surface area (Å²) < 4.78 is 19.3. The van der Waals surface area contributed by atoms with Gasteiger partial charge in [-0.25, -0.2) is 4.39 Å². The van der Waals surface area contributed by atoms with Crippen LogP contribution in [0.15, 0.2) is 12.1 Å². The van der Waals surface area contributed by atoms with Crippen molar-refractivity contribution in [1.29, 1.82) is 0 Å². The highest BCUT2D eigenvalue weighted by molar-refractivity contribution is 5.82. The van der Waals surface area contributed by atoms with Gasteiger partial charge in [0, 0.05) is 11.6 Å². The van der Waals surface area contributed by atoms with Crippen LogP contribution >= 0.6 is 0 Å². The number of hydrogen-bond donors (Lipinski definition) is 1. The fourth-order valence-electron chi connectivity index (χ4n) is 3.51. The van der Waals surface area contributed by atoms with Crippen LogP contribution in [0.5, 0.6) is 5.75 Å². The summed E-state index contributed by atoms with van der Waals surface area (Å²) in [6.07, 6.45) is 3.90. The highest BCUT2D eigenvalue weighted by Gasteiger charge is 2.44. The number of carboxylic acids is 1. The molecule has 1 aromatic carbocycles. The van der Waals surface area contributed by atoms with Gasteiger partial charge in [0.05, 0.1) is 12.5 Å². The van der Waals surface area contributed by atoms with E-state index in [9.17, 15) is 14.3 Å². The van der Waals surface area contributed by atoms with E-state index in [4.69, 9.17) is 4.74 Å². The Kier molecular flexibility index (Phi) is 4.55. The summed E-state index contributed by atoms with van der Waals surface area (Å²) in [5.41, 5.74) is 0.442. The summed E-state index contributed by atoms with van der Waals surface area (Å²) in [7, 11) is 1.50. The van der Waals surface area contributed by atoms with Gasteiger partial charge in [0.1, 0.15) is 11.6 Å². The summed E-state index contributed by atoms with van der Waals surface area (Å²) in [6.45, 7) is 3.97. The van der Waals surface area contributed by atoms with E-state index in [1.807, 2.05) is 13.8 Å². The fourth-order valence-corrected chi connectivity index (χ4v) is 3.51. The first-order valence-electron chi connectivity index (χ1n) is 7.53. The Morgan fingerprint density at radius 3 is 2.38 bits per heavy atom. The van der Waals surface area contributed by atoms with Crippen molar-refractivity contribution in [2.75, 3.05) is 7.11 Å². The smallest absolute Gasteiger partial charge is 0.314 e. The molecule has 0 heterocycles. The number of halogens is 1. The Balaban J connectivity index is 2.69. The molecule has 0 radical (unpaired) electrons. The summed E-state index contributed by atoms with van der Waals surface area (Å²) >= 11 is 0. The lowest BCUT2D eigenvalue weighted by Gasteiger charge is -2.36. The molecule has 0 aromatic heterocycles. The summed E-state index contributed by atoms with van der Waals surface area (Å²) in [4.78, 5) is 12.0. The van der Waals surface area contributed by atoms with E-state index >= 15 is 0 Å². The van der Waals surface area contributed by atoms with Gasteiger partial charge >= 0.3 is 5.97 Å². The summed E-state index contributed by atoms with van der Waals surface area (Å²) in [5, 5.41) is 9.84. The number of carboxylic acid groups (broad SMARTS) is 1. The molecule has 1 saturated carbocycles. The van der Waals surface area contributed by atoms with Crippen molar-refractivity contribution < 1.29 is 19.0 Å². The van der Waals surface area contributed by atoms with Gasteiger partial charge in [-0.2, -0.15) is 0 Å². The Morgan fingerprint density at radius 2 is 1.90 bits per heavy atom. The standard InChI is InChI=1S/C17H23FO3/c1-11(2)15-13(9-12(18)10-14(15)21-3)17(16(19)20)7-5-4-6-8-17/h9-11H,4-8H2,1-3H3,(H,19,20). The molecule has 1 fully saturated rings. The molecular formula is C17H23FO3. The van der Waals surface area contributed by atoms with Gasteiger partial charge in [-0.3, -0.25) is 4.79 Å². The van der Waals surface area contributed by atoms with Crippen LogP contribution in [0, 0.1) is 5.82 Å². The van der Waals surface area contributed by atoms with Crippen LogP contribution in [0.3, 0.4) is 0 Å². The maximum absolute atomic E-state index is 14.0. The molecular weight excluding hydrogens is 271 g/mol. The number of methoxy groups -OCH3 is 1. The topological polar surface area (TPSA) is 46.5 Å². The number of carbonyl (C=O) groups is 1. The third kappa shape index (κ3) is 2.76. The van der Waals surface area contributed by atoms with E-state index in [0.29, 0.717) is 24.2 Å². The van der Waals surface area contributed by atoms with Gasteiger partial charge in [0.25, 0.3) is 0 Å². The first-order valence-corrected chi connectivity index (χ1v) is 7.53. The summed E-state index contributed by atoms with van der Waals surface area (Å²) in [5.74, 6) is -0.755. The molecule has 0 bridgehead atoms. The van der Waals surface area contributed by atoms with Crippen molar-refractivity contribution in [1.82, 2.24) is 0 Å². The minimum Gasteiger partial charge on any atom is -0.496 e. The van der Waals surface area contributed by atoms with Crippen molar-refractivity contribution >= 4 is 5.97 Å². The zero-order valence-corrected chi connectivity index (χ0v) is 12.9. The van der Waals surface area contributed by atoms with Crippen molar-refractivity contribution in [3.63, 3.8) is 0 Å². The van der Waals surface area contributed by atoms with Crippen molar-refractivity contribution in [2.45, 2.75) is 57.3 Å². The predicted octanol–water partition coefficient (Wildman–Crippen LogP) is 4.24. The van der Waals surface area contributed by atoms with Gasteiger partial charge < -0.3 is 9.84 Å². The van der Waals surface area contributed by atoms with E-state index < -0.39 is 17.2 Å². The van der Waals surface area contributed by atoms with Crippen molar-refractivity contribution in [3.8, 4) is 5.75 Å². The SMILES string of the molecule is COc1cc(F)cc(C2(C(=O)O)CCCCC2)c1C(C)C. The molecule has 0 spiro atoms. The minimum absolute atomic E-state index is 0.0775. The second kappa shape index (κ2) is 6.04. The van der Waals surface area contributed by atoms with Gasteiger partial charge in [-0.1, -0.05) is 33.1 Å². The van der Waals surface area contributed by atoms with Crippen LogP contribution in [0.25, 0.3) is 0 Å². The Morgan fingerprint density at radius 1 is 1.29 bits per heavy atom. The molecule has 1 aliphatic carbocycles. The van der Waals surface area contributed by atoms with E-state index in [2.05, 4.69) is 0 Å². The molecule has 3 nitrogen and oxygen atoms in total. The second-order valence-corrected chi connectivity index (χ2v) is 6.17. The van der Waals surface area contributed by atoms with Gasteiger partial charge in [-0.15, -0.1) is 0 Å². The maximum Gasteiger partial charge on any atom is 0.314 e. The van der Waals surface area contributed by atoms with Gasteiger partial charge in [0.15, 0.2) is 0 Å². The molecule has 0 atom stereocenters. The quantitative estimate of drug-likeness (QED) is 0.903. The number of ether oxygens (including phenoxy) is 1. The molecule has 1 N–H and O–H groups in total. The Bertz CT molecular complexity index is 531. The van der Waals surface area contributed by atoms with Crippen LogP contribution in [-0.2, 0) is 10.2 Å². The molecule has 1 aromatic rings. The highest BCUT2D eigenvalue weighted by Crippen LogP contribution is 2.45. The molecule has 0 aliphatic heterocycles. The third-order valence-electron chi connectivity index (χ3n) is 4.54. The lowest BCUT2D eigenvalue weighted by molar-refractivity contribution is -0.145. The maximum atomic E-state index is 14.0. The monoisotopic (exact) mass is 294 g/mol. The average Bonchev–Trinajstić information content (AvgIpc) is 2.46. The zero-order chi connectivity index (χ0) is 15.6. The fraction of sp³-hybridized carbons (Fsp3) is 0.588. The van der Waals surface area contributed by atoms with Crippen LogP contribution < -0.4 is 4.74 Å². The number of aliphatic carboxylic acids is 1. The van der Waals surface area contributed by atoms with Crippen molar-refractivity contribution in [2.24, 2.45) is 0 Å². The highest BCUT2D eigenvalue weighted by atomic mass is 19.1. The summed E-state index contributed by atoms with van der Waals surface area (Å²) in [6, 6.07) is 2.74. The van der Waals surface area contributed by atoms with E-state index in [1.165, 1.54) is 19.2 Å². The molecule has 0 unspecified atom stereocenters. The number of hydrogen-bond acceptors (Lipinski definition) is 2. The number of rotatable bonds is 4. The number of benzene rings is 1. The van der Waals surface area contributed by atoms with E-state index in [-0.39, 0.29) is 5.92 Å². The predicted molar refractivity (Wildman–Crippen MR) is 79.4 cm³/mol. The van der Waals surface area contributed by atoms with E-state index in [1.54, 1.807) is 0 Å². The van der Waals surface area contributed by atoms with Crippen molar-refractivity contribution in [3.05, 3.63) is 29.1 Å². The average molecular weight is 294 g/mol. The minimum atomic E-state index is -0.979. The van der Waals surface area contributed by atoms with E-state index in [0.717, 1.165) is 24.8 Å². The molecule has 116 valence electrons. The normalized spacial score (nSPS) is 17.8. The lowest BCUT2D eigenvalue weighted by Crippen LogP contribution is -2.39.